The van der Waals surface area contributed by atoms with E-state index in [1.807, 2.05) is 54.6 Å². The molecular weight excluding hydrogens is 615 g/mol. The predicted molar refractivity (Wildman–Crippen MR) is 176 cm³/mol. The number of rotatable bonds is 9. The van der Waals surface area contributed by atoms with Crippen molar-refractivity contribution in [1.29, 1.82) is 0 Å². The van der Waals surface area contributed by atoms with Crippen LogP contribution >= 0.6 is 0 Å². The van der Waals surface area contributed by atoms with Gasteiger partial charge >= 0.3 is 6.18 Å². The number of hydrogen-bond acceptors (Lipinski definition) is 5. The molecule has 7 nitrogen and oxygen atoms in total. The first-order valence-corrected chi connectivity index (χ1v) is 15.5. The molecule has 0 unspecified atom stereocenters. The number of pyridine rings is 1. The monoisotopic (exact) mass is 647 g/mol. The molecule has 1 aliphatic rings. The molecule has 0 fully saturated rings. The van der Waals surface area contributed by atoms with Gasteiger partial charge in [-0.05, 0) is 76.2 Å². The summed E-state index contributed by atoms with van der Waals surface area (Å²) >= 11 is 0. The smallest absolute Gasteiger partial charge is 0.336 e. The second-order valence-electron chi connectivity index (χ2n) is 11.5. The molecule has 0 radical (unpaired) electrons. The van der Waals surface area contributed by atoms with Crippen molar-refractivity contribution < 1.29 is 22.8 Å². The summed E-state index contributed by atoms with van der Waals surface area (Å²) in [5.41, 5.74) is 4.63. The third kappa shape index (κ3) is 7.83. The van der Waals surface area contributed by atoms with E-state index >= 15 is 0 Å². The number of carbonyl (C=O) groups excluding carboxylic acids is 2. The van der Waals surface area contributed by atoms with Crippen molar-refractivity contribution in [2.24, 2.45) is 0 Å². The fraction of sp³-hybridized carbons (Fsp3) is 0.184. The van der Waals surface area contributed by atoms with Crippen molar-refractivity contribution in [3.8, 4) is 11.1 Å². The lowest BCUT2D eigenvalue weighted by molar-refractivity contribution is -0.144. The fourth-order valence-electron chi connectivity index (χ4n) is 5.77. The predicted octanol–water partition coefficient (Wildman–Crippen LogP) is 6.80. The van der Waals surface area contributed by atoms with E-state index in [-0.39, 0.29) is 18.9 Å². The Hall–Kier alpha value is -5.64. The topological polar surface area (TPSA) is 79.3 Å². The van der Waals surface area contributed by atoms with Crippen LogP contribution in [0.25, 0.3) is 17.2 Å². The first kappa shape index (κ1) is 32.3. The lowest BCUT2D eigenvalue weighted by atomic mass is 9.98. The maximum atomic E-state index is 14.4. The van der Waals surface area contributed by atoms with Crippen molar-refractivity contribution in [3.05, 3.63) is 156 Å². The molecule has 1 aliphatic heterocycles. The van der Waals surface area contributed by atoms with Gasteiger partial charge in [0.1, 0.15) is 11.9 Å². The maximum absolute atomic E-state index is 14.4. The molecular formula is C38H32F3N5O2. The zero-order valence-electron chi connectivity index (χ0n) is 25.9. The Labute approximate surface area is 276 Å². The molecule has 0 spiro atoms. The van der Waals surface area contributed by atoms with Gasteiger partial charge in [-0.2, -0.15) is 13.2 Å². The highest BCUT2D eigenvalue weighted by atomic mass is 19.4. The van der Waals surface area contributed by atoms with Gasteiger partial charge < -0.3 is 9.80 Å². The summed E-state index contributed by atoms with van der Waals surface area (Å²) in [5.74, 6) is -0.299. The fourth-order valence-corrected chi connectivity index (χ4v) is 5.77. The molecule has 0 bridgehead atoms. The number of halogens is 3. The Balaban J connectivity index is 1.34. The lowest BCUT2D eigenvalue weighted by Crippen LogP contribution is -2.52. The second-order valence-corrected chi connectivity index (χ2v) is 11.5. The van der Waals surface area contributed by atoms with Gasteiger partial charge in [-0.1, -0.05) is 60.7 Å². The number of carbonyl (C=O) groups is 2. The van der Waals surface area contributed by atoms with Crippen molar-refractivity contribution in [2.45, 2.75) is 38.1 Å². The second kappa shape index (κ2) is 14.4. The Morgan fingerprint density at radius 3 is 2.17 bits per heavy atom. The molecule has 0 saturated carbocycles. The molecule has 2 aromatic heterocycles. The summed E-state index contributed by atoms with van der Waals surface area (Å²) in [5, 5.41) is 0. The average molecular weight is 648 g/mol. The van der Waals surface area contributed by atoms with E-state index in [4.69, 9.17) is 0 Å². The number of alkyl halides is 3. The van der Waals surface area contributed by atoms with Gasteiger partial charge in [0.25, 0.3) is 0 Å². The van der Waals surface area contributed by atoms with Crippen LogP contribution in [0.1, 0.15) is 33.6 Å². The van der Waals surface area contributed by atoms with Crippen LogP contribution in [0.5, 0.6) is 0 Å². The molecule has 0 N–H and O–H groups in total. The van der Waals surface area contributed by atoms with Crippen LogP contribution in [0.2, 0.25) is 0 Å². The van der Waals surface area contributed by atoms with E-state index in [2.05, 4.69) is 21.0 Å². The van der Waals surface area contributed by atoms with E-state index in [0.29, 0.717) is 30.9 Å². The zero-order valence-corrected chi connectivity index (χ0v) is 25.9. The highest BCUT2D eigenvalue weighted by Crippen LogP contribution is 2.29. The highest BCUT2D eigenvalue weighted by molar-refractivity contribution is 5.95. The van der Waals surface area contributed by atoms with Gasteiger partial charge in [-0.25, -0.2) is 9.97 Å². The minimum atomic E-state index is -4.47. The molecule has 242 valence electrons. The van der Waals surface area contributed by atoms with E-state index in [1.165, 1.54) is 34.7 Å². The van der Waals surface area contributed by atoms with Crippen molar-refractivity contribution >= 4 is 17.9 Å². The first-order chi connectivity index (χ1) is 23.2. The highest BCUT2D eigenvalue weighted by Gasteiger charge is 2.35. The van der Waals surface area contributed by atoms with E-state index in [0.717, 1.165) is 34.4 Å². The lowest BCUT2D eigenvalue weighted by Gasteiger charge is -2.36. The molecule has 5 aromatic rings. The molecule has 0 saturated heterocycles. The SMILES string of the molecule is O=C([C@H](Cc1ncccn1)N(Cc1ccc(-c2ccncc2)cc1)C(=O)C=Cc1ccc(C(F)(F)F)cc1)N1CCc2ccccc2C1. The molecule has 1 atom stereocenters. The molecule has 10 heteroatoms. The van der Waals surface area contributed by atoms with Crippen molar-refractivity contribution in [1.82, 2.24) is 24.8 Å². The van der Waals surface area contributed by atoms with Crippen LogP contribution < -0.4 is 0 Å². The van der Waals surface area contributed by atoms with Gasteiger partial charge in [0.2, 0.25) is 11.8 Å². The summed E-state index contributed by atoms with van der Waals surface area (Å²) in [7, 11) is 0. The van der Waals surface area contributed by atoms with Crippen LogP contribution in [0.3, 0.4) is 0 Å². The summed E-state index contributed by atoms with van der Waals surface area (Å²) in [4.78, 5) is 44.6. The molecule has 3 heterocycles. The Morgan fingerprint density at radius 1 is 0.812 bits per heavy atom. The van der Waals surface area contributed by atoms with Gasteiger partial charge in [0.05, 0.1) is 5.56 Å². The van der Waals surface area contributed by atoms with Crippen LogP contribution in [0.4, 0.5) is 13.2 Å². The van der Waals surface area contributed by atoms with Gasteiger partial charge in [-0.3, -0.25) is 14.6 Å². The number of fused-ring (bicyclic) bond motifs is 1. The van der Waals surface area contributed by atoms with E-state index in [9.17, 15) is 22.8 Å². The van der Waals surface area contributed by atoms with Crippen LogP contribution in [0, 0.1) is 0 Å². The molecule has 0 aliphatic carbocycles. The summed E-state index contributed by atoms with van der Waals surface area (Å²) in [6.45, 7) is 0.998. The van der Waals surface area contributed by atoms with Gasteiger partial charge in [0, 0.05) is 56.9 Å². The Kier molecular flexibility index (Phi) is 9.70. The maximum Gasteiger partial charge on any atom is 0.416 e. The standard InChI is InChI=1S/C38H32F3N5O2/c39-38(40,41)33-13-8-27(9-14-33)10-15-36(47)46(25-28-6-11-30(12-7-28)31-16-21-42-22-17-31)34(24-35-43-19-3-20-44-35)37(48)45-23-18-29-4-1-2-5-32(29)26-45/h1-17,19-22,34H,18,23-26H2/t34-/m0/s1. The van der Waals surface area contributed by atoms with Crippen LogP contribution in [-0.2, 0) is 41.7 Å². The number of aromatic nitrogens is 3. The number of amides is 2. The van der Waals surface area contributed by atoms with Crippen molar-refractivity contribution in [3.63, 3.8) is 0 Å². The largest absolute Gasteiger partial charge is 0.416 e. The minimum Gasteiger partial charge on any atom is -0.336 e. The number of nitrogens with zero attached hydrogens (tertiary/aromatic N) is 5. The first-order valence-electron chi connectivity index (χ1n) is 15.5. The van der Waals surface area contributed by atoms with E-state index in [1.54, 1.807) is 35.8 Å². The van der Waals surface area contributed by atoms with Crippen LogP contribution in [0.15, 0.2) is 122 Å². The zero-order chi connectivity index (χ0) is 33.5. The molecule has 6 rings (SSSR count). The normalized spacial score (nSPS) is 13.6. The minimum absolute atomic E-state index is 0.0762. The summed E-state index contributed by atoms with van der Waals surface area (Å²) in [6.07, 6.45) is 5.67. The quantitative estimate of drug-likeness (QED) is 0.165. The summed E-state index contributed by atoms with van der Waals surface area (Å²) in [6, 6.07) is 24.8. The van der Waals surface area contributed by atoms with Crippen LogP contribution in [-0.4, -0.2) is 49.2 Å². The summed E-state index contributed by atoms with van der Waals surface area (Å²) < 4.78 is 39.4. The molecule has 2 amide bonds. The van der Waals surface area contributed by atoms with E-state index < -0.39 is 23.7 Å². The Morgan fingerprint density at radius 2 is 1.48 bits per heavy atom. The third-order valence-electron chi connectivity index (χ3n) is 8.36. The average Bonchev–Trinajstić information content (AvgIpc) is 3.12. The third-order valence-corrected chi connectivity index (χ3v) is 8.36. The molecule has 3 aromatic carbocycles. The van der Waals surface area contributed by atoms with Gasteiger partial charge in [-0.15, -0.1) is 0 Å². The molecule has 48 heavy (non-hydrogen) atoms. The van der Waals surface area contributed by atoms with Crippen molar-refractivity contribution in [2.75, 3.05) is 6.54 Å². The number of benzene rings is 3. The Bertz CT molecular complexity index is 1880. The van der Waals surface area contributed by atoms with Gasteiger partial charge in [0.15, 0.2) is 0 Å². The number of hydrogen-bond donors (Lipinski definition) is 0.